The molecule has 0 bridgehead atoms. The number of amides is 2. The van der Waals surface area contributed by atoms with E-state index < -0.39 is 6.04 Å². The van der Waals surface area contributed by atoms with Crippen molar-refractivity contribution in [3.8, 4) is 5.69 Å². The second-order valence-corrected chi connectivity index (χ2v) is 9.89. The summed E-state index contributed by atoms with van der Waals surface area (Å²) in [7, 11) is 1.59. The van der Waals surface area contributed by atoms with E-state index in [0.29, 0.717) is 47.7 Å². The van der Waals surface area contributed by atoms with Gasteiger partial charge >= 0.3 is 6.03 Å². The molecule has 0 radical (unpaired) electrons. The fraction of sp³-hybridized carbons (Fsp3) is 0.222. The number of para-hydroxylation sites is 2. The molecule has 2 amide bonds. The van der Waals surface area contributed by atoms with Crippen LogP contribution in [-0.4, -0.2) is 40.7 Å². The largest absolute Gasteiger partial charge is 0.383 e. The smallest absolute Gasteiger partial charge is 0.322 e. The maximum absolute atomic E-state index is 13.8. The first-order valence-corrected chi connectivity index (χ1v) is 13.1. The molecule has 1 heterocycles. The predicted octanol–water partition coefficient (Wildman–Crippen LogP) is 6.54. The second kappa shape index (κ2) is 11.8. The summed E-state index contributed by atoms with van der Waals surface area (Å²) in [6.45, 7) is 2.62. The van der Waals surface area contributed by atoms with Crippen molar-refractivity contribution in [2.24, 2.45) is 0 Å². The number of carbonyl (C=O) groups is 1. The molecular formula is C27H26Br2N4O3. The van der Waals surface area contributed by atoms with Crippen LogP contribution >= 0.6 is 31.9 Å². The van der Waals surface area contributed by atoms with E-state index in [1.165, 1.54) is 0 Å². The van der Waals surface area contributed by atoms with Crippen LogP contribution in [0.2, 0.25) is 0 Å². The summed E-state index contributed by atoms with van der Waals surface area (Å²) in [6, 6.07) is 21.4. The molecule has 0 aliphatic heterocycles. The van der Waals surface area contributed by atoms with Crippen LogP contribution in [0.4, 0.5) is 10.5 Å². The minimum absolute atomic E-state index is 0.186. The molecule has 1 aromatic heterocycles. The Labute approximate surface area is 226 Å². The molecule has 9 heteroatoms. The molecule has 7 nitrogen and oxygen atoms in total. The number of hydrogen-bond acceptors (Lipinski definition) is 4. The van der Waals surface area contributed by atoms with Gasteiger partial charge in [0, 0.05) is 22.6 Å². The normalized spacial score (nSPS) is 11.9. The van der Waals surface area contributed by atoms with E-state index in [4.69, 9.17) is 9.72 Å². The van der Waals surface area contributed by atoms with Gasteiger partial charge in [-0.3, -0.25) is 9.36 Å². The summed E-state index contributed by atoms with van der Waals surface area (Å²) < 4.78 is 8.60. The molecule has 0 aliphatic carbocycles. The highest BCUT2D eigenvalue weighted by Crippen LogP contribution is 2.28. The molecule has 0 aliphatic rings. The van der Waals surface area contributed by atoms with Gasteiger partial charge in [-0.05, 0) is 70.9 Å². The Kier molecular flexibility index (Phi) is 8.56. The number of ether oxygens (including phenoxy) is 1. The number of fused-ring (bicyclic) bond motifs is 1. The highest BCUT2D eigenvalue weighted by Gasteiger charge is 2.29. The maximum Gasteiger partial charge on any atom is 0.322 e. The standard InChI is InChI=1S/C27H26Br2N4O3/c1-3-24(32(16-17-36-2)27(35)31-23-11-7-5-9-21(23)29)25-30-22-10-6-4-8-20(22)26(34)33(25)19-14-12-18(28)13-15-19/h4-15,24H,3,16-17H2,1-2H3,(H,31,35). The summed E-state index contributed by atoms with van der Waals surface area (Å²) >= 11 is 6.95. The molecule has 3 aromatic carbocycles. The van der Waals surface area contributed by atoms with Gasteiger partial charge in [0.25, 0.3) is 5.56 Å². The van der Waals surface area contributed by atoms with Crippen molar-refractivity contribution in [3.05, 3.63) is 97.9 Å². The Balaban J connectivity index is 1.87. The van der Waals surface area contributed by atoms with Crippen LogP contribution in [0, 0.1) is 0 Å². The van der Waals surface area contributed by atoms with Crippen LogP contribution in [0.5, 0.6) is 0 Å². The number of methoxy groups -OCH3 is 1. The second-order valence-electron chi connectivity index (χ2n) is 8.12. The van der Waals surface area contributed by atoms with Crippen molar-refractivity contribution in [2.75, 3.05) is 25.6 Å². The summed E-state index contributed by atoms with van der Waals surface area (Å²) in [5, 5.41) is 3.50. The summed E-state index contributed by atoms with van der Waals surface area (Å²) in [5.41, 5.74) is 1.72. The molecule has 186 valence electrons. The fourth-order valence-electron chi connectivity index (χ4n) is 4.09. The third-order valence-corrected chi connectivity index (χ3v) is 7.08. The third kappa shape index (κ3) is 5.53. The fourth-order valence-corrected chi connectivity index (χ4v) is 4.74. The number of anilines is 1. The molecule has 0 fully saturated rings. The highest BCUT2D eigenvalue weighted by molar-refractivity contribution is 9.10. The van der Waals surface area contributed by atoms with E-state index in [1.807, 2.05) is 73.7 Å². The number of aromatic nitrogens is 2. The number of halogens is 2. The average Bonchev–Trinajstić information content (AvgIpc) is 2.88. The van der Waals surface area contributed by atoms with Crippen LogP contribution < -0.4 is 10.9 Å². The van der Waals surface area contributed by atoms with Gasteiger partial charge in [0.1, 0.15) is 5.82 Å². The van der Waals surface area contributed by atoms with E-state index in [9.17, 15) is 9.59 Å². The topological polar surface area (TPSA) is 76.5 Å². The maximum atomic E-state index is 13.8. The quantitative estimate of drug-likeness (QED) is 0.245. The lowest BCUT2D eigenvalue weighted by atomic mass is 10.1. The minimum Gasteiger partial charge on any atom is -0.383 e. The first-order valence-electron chi connectivity index (χ1n) is 11.5. The zero-order valence-corrected chi connectivity index (χ0v) is 23.1. The lowest BCUT2D eigenvalue weighted by Gasteiger charge is -2.32. The molecule has 1 N–H and O–H groups in total. The van der Waals surface area contributed by atoms with Crippen LogP contribution in [-0.2, 0) is 4.74 Å². The van der Waals surface area contributed by atoms with Gasteiger partial charge in [0.2, 0.25) is 0 Å². The Morgan fingerprint density at radius 1 is 1.06 bits per heavy atom. The van der Waals surface area contributed by atoms with Crippen molar-refractivity contribution in [2.45, 2.75) is 19.4 Å². The van der Waals surface area contributed by atoms with Crippen LogP contribution in [0.25, 0.3) is 16.6 Å². The van der Waals surface area contributed by atoms with Crippen LogP contribution in [0.1, 0.15) is 25.2 Å². The van der Waals surface area contributed by atoms with Crippen molar-refractivity contribution in [1.82, 2.24) is 14.5 Å². The van der Waals surface area contributed by atoms with E-state index >= 15 is 0 Å². The molecular weight excluding hydrogens is 588 g/mol. The van der Waals surface area contributed by atoms with Crippen molar-refractivity contribution in [1.29, 1.82) is 0 Å². The van der Waals surface area contributed by atoms with Gasteiger partial charge in [0.15, 0.2) is 0 Å². The van der Waals surface area contributed by atoms with Gasteiger partial charge < -0.3 is 15.0 Å². The Morgan fingerprint density at radius 3 is 2.44 bits per heavy atom. The Bertz CT molecular complexity index is 1420. The minimum atomic E-state index is -0.497. The van der Waals surface area contributed by atoms with E-state index in [1.54, 1.807) is 22.6 Å². The van der Waals surface area contributed by atoms with Gasteiger partial charge in [-0.15, -0.1) is 0 Å². The Morgan fingerprint density at radius 2 is 1.75 bits per heavy atom. The van der Waals surface area contributed by atoms with Crippen molar-refractivity contribution < 1.29 is 9.53 Å². The number of nitrogens with one attached hydrogen (secondary N) is 1. The lowest BCUT2D eigenvalue weighted by Crippen LogP contribution is -2.42. The van der Waals surface area contributed by atoms with Crippen LogP contribution in [0.3, 0.4) is 0 Å². The van der Waals surface area contributed by atoms with E-state index in [-0.39, 0.29) is 11.6 Å². The number of rotatable bonds is 8. The predicted molar refractivity (Wildman–Crippen MR) is 150 cm³/mol. The number of hydrogen-bond donors (Lipinski definition) is 1. The first kappa shape index (κ1) is 26.1. The highest BCUT2D eigenvalue weighted by atomic mass is 79.9. The third-order valence-electron chi connectivity index (χ3n) is 5.86. The number of nitrogens with zero attached hydrogens (tertiary/aromatic N) is 3. The van der Waals surface area contributed by atoms with Gasteiger partial charge in [-0.1, -0.05) is 47.1 Å². The van der Waals surface area contributed by atoms with E-state index in [0.717, 1.165) is 8.95 Å². The molecule has 4 rings (SSSR count). The molecule has 1 atom stereocenters. The molecule has 0 spiro atoms. The summed E-state index contributed by atoms with van der Waals surface area (Å²) in [4.78, 5) is 34.0. The number of carbonyl (C=O) groups excluding carboxylic acids is 1. The zero-order valence-electron chi connectivity index (χ0n) is 19.9. The number of benzene rings is 3. The Hall–Kier alpha value is -3.01. The van der Waals surface area contributed by atoms with Gasteiger partial charge in [-0.2, -0.15) is 0 Å². The van der Waals surface area contributed by atoms with Gasteiger partial charge in [0.05, 0.1) is 34.9 Å². The number of urea groups is 1. The molecule has 0 saturated carbocycles. The van der Waals surface area contributed by atoms with E-state index in [2.05, 4.69) is 37.2 Å². The summed E-state index contributed by atoms with van der Waals surface area (Å²) in [6.07, 6.45) is 0.536. The lowest BCUT2D eigenvalue weighted by molar-refractivity contribution is 0.131. The molecule has 36 heavy (non-hydrogen) atoms. The first-order chi connectivity index (χ1) is 17.4. The summed E-state index contributed by atoms with van der Waals surface area (Å²) in [5.74, 6) is 0.488. The SMILES string of the molecule is CCC(c1nc2ccccc2c(=O)n1-c1ccc(Br)cc1)N(CCOC)C(=O)Nc1ccccc1Br. The molecule has 1 unspecified atom stereocenters. The monoisotopic (exact) mass is 612 g/mol. The van der Waals surface area contributed by atoms with Crippen LogP contribution in [0.15, 0.2) is 86.5 Å². The molecule has 0 saturated heterocycles. The van der Waals surface area contributed by atoms with Gasteiger partial charge in [-0.25, -0.2) is 9.78 Å². The molecule has 4 aromatic rings. The zero-order chi connectivity index (χ0) is 25.7. The van der Waals surface area contributed by atoms with Crippen molar-refractivity contribution in [3.63, 3.8) is 0 Å². The van der Waals surface area contributed by atoms with Crippen molar-refractivity contribution >= 4 is 54.5 Å². The average molecular weight is 614 g/mol.